The van der Waals surface area contributed by atoms with Crippen molar-refractivity contribution in [2.45, 2.75) is 52.4 Å². The van der Waals surface area contributed by atoms with Crippen molar-refractivity contribution in [3.63, 3.8) is 0 Å². The molecule has 6 nitrogen and oxygen atoms in total. The van der Waals surface area contributed by atoms with Crippen molar-refractivity contribution in [3.8, 4) is 5.82 Å². The highest BCUT2D eigenvalue weighted by molar-refractivity contribution is 5.95. The Morgan fingerprint density at radius 1 is 1.25 bits per heavy atom. The van der Waals surface area contributed by atoms with Gasteiger partial charge < -0.3 is 10.2 Å². The third-order valence-corrected chi connectivity index (χ3v) is 5.53. The molecule has 0 unspecified atom stereocenters. The summed E-state index contributed by atoms with van der Waals surface area (Å²) < 4.78 is 1.77. The summed E-state index contributed by atoms with van der Waals surface area (Å²) in [4.78, 5) is 19.6. The van der Waals surface area contributed by atoms with Crippen molar-refractivity contribution in [1.82, 2.24) is 25.0 Å². The molecule has 3 heterocycles. The second-order valence-corrected chi connectivity index (χ2v) is 8.19. The van der Waals surface area contributed by atoms with Gasteiger partial charge in [-0.1, -0.05) is 26.8 Å². The number of carbonyl (C=O) groups excluding carboxylic acids is 1. The van der Waals surface area contributed by atoms with Gasteiger partial charge in [-0.3, -0.25) is 4.79 Å². The first kappa shape index (κ1) is 20.5. The Bertz CT molecular complexity index is 748. The second kappa shape index (κ2) is 9.82. The number of unbranched alkanes of at least 4 members (excludes halogenated alkanes) is 1. The number of piperidine rings is 1. The molecule has 0 saturated carbocycles. The van der Waals surface area contributed by atoms with Crippen LogP contribution in [0.3, 0.4) is 0 Å². The smallest absolute Gasteiger partial charge is 0.254 e. The SMILES string of the molecule is CC1CCN(CCCCNC(=O)c2cnn(-c3ccccn3)c2C(C)C)CC1. The number of pyridine rings is 1. The molecule has 0 spiro atoms. The summed E-state index contributed by atoms with van der Waals surface area (Å²) in [5.74, 6) is 1.74. The molecular weight excluding hydrogens is 350 g/mol. The van der Waals surface area contributed by atoms with Crippen LogP contribution in [0, 0.1) is 5.92 Å². The summed E-state index contributed by atoms with van der Waals surface area (Å²) in [7, 11) is 0. The molecule has 1 aliphatic heterocycles. The molecule has 2 aromatic heterocycles. The molecule has 6 heteroatoms. The van der Waals surface area contributed by atoms with E-state index in [1.165, 1.54) is 25.9 Å². The number of hydrogen-bond acceptors (Lipinski definition) is 4. The Labute approximate surface area is 168 Å². The van der Waals surface area contributed by atoms with Gasteiger partial charge in [0.25, 0.3) is 5.91 Å². The Hall–Kier alpha value is -2.21. The van der Waals surface area contributed by atoms with Crippen LogP contribution in [0.2, 0.25) is 0 Å². The Morgan fingerprint density at radius 3 is 2.71 bits per heavy atom. The lowest BCUT2D eigenvalue weighted by Crippen LogP contribution is -2.34. The molecule has 0 radical (unpaired) electrons. The zero-order valence-electron chi connectivity index (χ0n) is 17.4. The van der Waals surface area contributed by atoms with Crippen LogP contribution in [0.5, 0.6) is 0 Å². The van der Waals surface area contributed by atoms with Gasteiger partial charge in [0.1, 0.15) is 0 Å². The van der Waals surface area contributed by atoms with Crippen LogP contribution in [0.25, 0.3) is 5.82 Å². The highest BCUT2D eigenvalue weighted by Crippen LogP contribution is 2.22. The molecule has 28 heavy (non-hydrogen) atoms. The molecule has 2 aromatic rings. The van der Waals surface area contributed by atoms with E-state index in [1.807, 2.05) is 18.2 Å². The molecule has 1 saturated heterocycles. The van der Waals surface area contributed by atoms with Gasteiger partial charge in [0.05, 0.1) is 17.5 Å². The molecule has 1 N–H and O–H groups in total. The van der Waals surface area contributed by atoms with Crippen LogP contribution in [0.15, 0.2) is 30.6 Å². The van der Waals surface area contributed by atoms with E-state index in [4.69, 9.17) is 0 Å². The van der Waals surface area contributed by atoms with Gasteiger partial charge in [-0.25, -0.2) is 9.67 Å². The predicted octanol–water partition coefficient (Wildman–Crippen LogP) is 3.63. The summed E-state index contributed by atoms with van der Waals surface area (Å²) in [5, 5.41) is 7.50. The standard InChI is InChI=1S/C22H33N5O/c1-17(2)21-19(16-25-27(21)20-8-4-5-11-23-20)22(28)24-12-6-7-13-26-14-9-18(3)10-15-26/h4-5,8,11,16-18H,6-7,9-10,12-15H2,1-3H3,(H,24,28). The van der Waals surface area contributed by atoms with E-state index < -0.39 is 0 Å². The van der Waals surface area contributed by atoms with E-state index in [0.717, 1.165) is 36.8 Å². The van der Waals surface area contributed by atoms with Crippen LogP contribution in [-0.2, 0) is 0 Å². The van der Waals surface area contributed by atoms with Gasteiger partial charge in [0.2, 0.25) is 0 Å². The number of amides is 1. The number of nitrogens with zero attached hydrogens (tertiary/aromatic N) is 4. The maximum absolute atomic E-state index is 12.7. The van der Waals surface area contributed by atoms with Gasteiger partial charge in [-0.2, -0.15) is 5.10 Å². The molecule has 3 rings (SSSR count). The number of likely N-dealkylation sites (tertiary alicyclic amines) is 1. The summed E-state index contributed by atoms with van der Waals surface area (Å²) in [5.41, 5.74) is 1.55. The molecule has 0 aromatic carbocycles. The molecule has 0 atom stereocenters. The molecule has 0 aliphatic carbocycles. The minimum Gasteiger partial charge on any atom is -0.352 e. The number of hydrogen-bond donors (Lipinski definition) is 1. The first-order valence-electron chi connectivity index (χ1n) is 10.6. The van der Waals surface area contributed by atoms with Crippen LogP contribution >= 0.6 is 0 Å². The minimum absolute atomic E-state index is 0.0438. The van der Waals surface area contributed by atoms with Crippen molar-refractivity contribution in [2.24, 2.45) is 5.92 Å². The first-order valence-corrected chi connectivity index (χ1v) is 10.6. The molecule has 1 fully saturated rings. The van der Waals surface area contributed by atoms with Crippen molar-refractivity contribution >= 4 is 5.91 Å². The van der Waals surface area contributed by atoms with Crippen molar-refractivity contribution in [1.29, 1.82) is 0 Å². The number of carbonyl (C=O) groups is 1. The third-order valence-electron chi connectivity index (χ3n) is 5.53. The summed E-state index contributed by atoms with van der Waals surface area (Å²) >= 11 is 0. The lowest BCUT2D eigenvalue weighted by atomic mass is 9.99. The molecule has 1 amide bonds. The average molecular weight is 384 g/mol. The second-order valence-electron chi connectivity index (χ2n) is 8.19. The normalized spacial score (nSPS) is 15.9. The van der Waals surface area contributed by atoms with Gasteiger partial charge in [-0.15, -0.1) is 0 Å². The van der Waals surface area contributed by atoms with Crippen LogP contribution in [0.4, 0.5) is 0 Å². The first-order chi connectivity index (χ1) is 13.6. The van der Waals surface area contributed by atoms with Crippen LogP contribution in [-0.4, -0.2) is 51.8 Å². The zero-order chi connectivity index (χ0) is 19.9. The van der Waals surface area contributed by atoms with Crippen LogP contribution < -0.4 is 5.32 Å². The fraction of sp³-hybridized carbons (Fsp3) is 0.591. The van der Waals surface area contributed by atoms with E-state index in [9.17, 15) is 4.79 Å². The van der Waals surface area contributed by atoms with E-state index in [-0.39, 0.29) is 11.8 Å². The predicted molar refractivity (Wildman–Crippen MR) is 112 cm³/mol. The topological polar surface area (TPSA) is 63.1 Å². The summed E-state index contributed by atoms with van der Waals surface area (Å²) in [6.45, 7) is 10.8. The number of rotatable bonds is 8. The van der Waals surface area contributed by atoms with E-state index >= 15 is 0 Å². The fourth-order valence-corrected chi connectivity index (χ4v) is 3.79. The van der Waals surface area contributed by atoms with E-state index in [0.29, 0.717) is 12.1 Å². The summed E-state index contributed by atoms with van der Waals surface area (Å²) in [6, 6.07) is 5.71. The van der Waals surface area contributed by atoms with Gasteiger partial charge in [-0.05, 0) is 69.3 Å². The lowest BCUT2D eigenvalue weighted by Gasteiger charge is -2.30. The van der Waals surface area contributed by atoms with Gasteiger partial charge in [0, 0.05) is 12.7 Å². The largest absolute Gasteiger partial charge is 0.352 e. The van der Waals surface area contributed by atoms with Crippen LogP contribution in [0.1, 0.15) is 68.4 Å². The zero-order valence-corrected chi connectivity index (χ0v) is 17.4. The highest BCUT2D eigenvalue weighted by atomic mass is 16.1. The van der Waals surface area contributed by atoms with Crippen molar-refractivity contribution in [3.05, 3.63) is 41.9 Å². The average Bonchev–Trinajstić information content (AvgIpc) is 3.15. The van der Waals surface area contributed by atoms with Crippen molar-refractivity contribution < 1.29 is 4.79 Å². The summed E-state index contributed by atoms with van der Waals surface area (Å²) in [6.07, 6.45) is 8.16. The Balaban J connectivity index is 1.51. The lowest BCUT2D eigenvalue weighted by molar-refractivity contribution is 0.0951. The Morgan fingerprint density at radius 2 is 2.04 bits per heavy atom. The maximum atomic E-state index is 12.7. The minimum atomic E-state index is -0.0438. The maximum Gasteiger partial charge on any atom is 0.254 e. The quantitative estimate of drug-likeness (QED) is 0.707. The fourth-order valence-electron chi connectivity index (χ4n) is 3.79. The number of nitrogens with one attached hydrogen (secondary N) is 1. The molecule has 0 bridgehead atoms. The van der Waals surface area contributed by atoms with Gasteiger partial charge >= 0.3 is 0 Å². The number of aromatic nitrogens is 3. The Kier molecular flexibility index (Phi) is 7.20. The highest BCUT2D eigenvalue weighted by Gasteiger charge is 2.21. The van der Waals surface area contributed by atoms with Gasteiger partial charge in [0.15, 0.2) is 5.82 Å². The van der Waals surface area contributed by atoms with E-state index in [1.54, 1.807) is 17.1 Å². The van der Waals surface area contributed by atoms with Crippen molar-refractivity contribution in [2.75, 3.05) is 26.2 Å². The monoisotopic (exact) mass is 383 g/mol. The molecule has 152 valence electrons. The molecular formula is C22H33N5O. The third kappa shape index (κ3) is 5.19. The van der Waals surface area contributed by atoms with E-state index in [2.05, 4.69) is 41.1 Å². The molecule has 1 aliphatic rings.